The molecule has 84 valence electrons. The Labute approximate surface area is 94.4 Å². The van der Waals surface area contributed by atoms with E-state index in [0.29, 0.717) is 13.0 Å². The lowest BCUT2D eigenvalue weighted by atomic mass is 10.2. The lowest BCUT2D eigenvalue weighted by Gasteiger charge is -2.27. The van der Waals surface area contributed by atoms with E-state index in [-0.39, 0.29) is 11.8 Å². The molecular weight excluding hydrogens is 204 g/mol. The fourth-order valence-electron chi connectivity index (χ4n) is 1.92. The molecular formula is C12H14N2O2. The maximum absolute atomic E-state index is 11.5. The standard InChI is InChI=1S/C12H14N2O2/c1-9-4-3-5-11(8-9)13-7-6-12(16)14(13)10(2)15/h3-5,8H,6-7H2,1-2H3. The normalized spacial score (nSPS) is 15.8. The number of nitrogens with zero attached hydrogens (tertiary/aromatic N) is 2. The summed E-state index contributed by atoms with van der Waals surface area (Å²) in [7, 11) is 0. The summed E-state index contributed by atoms with van der Waals surface area (Å²) < 4.78 is 0. The monoisotopic (exact) mass is 218 g/mol. The van der Waals surface area contributed by atoms with Gasteiger partial charge in [-0.15, -0.1) is 0 Å². The Morgan fingerprint density at radius 3 is 2.75 bits per heavy atom. The minimum Gasteiger partial charge on any atom is -0.275 e. The van der Waals surface area contributed by atoms with Crippen molar-refractivity contribution in [3.8, 4) is 0 Å². The van der Waals surface area contributed by atoms with Gasteiger partial charge < -0.3 is 0 Å². The maximum atomic E-state index is 11.5. The Morgan fingerprint density at radius 1 is 1.38 bits per heavy atom. The first-order valence-electron chi connectivity index (χ1n) is 5.27. The number of rotatable bonds is 1. The van der Waals surface area contributed by atoms with Gasteiger partial charge >= 0.3 is 0 Å². The summed E-state index contributed by atoms with van der Waals surface area (Å²) in [4.78, 5) is 22.9. The molecule has 16 heavy (non-hydrogen) atoms. The van der Waals surface area contributed by atoms with Crippen molar-refractivity contribution in [1.82, 2.24) is 5.01 Å². The van der Waals surface area contributed by atoms with Crippen LogP contribution in [0.3, 0.4) is 0 Å². The van der Waals surface area contributed by atoms with E-state index < -0.39 is 0 Å². The van der Waals surface area contributed by atoms with Crippen LogP contribution in [0.4, 0.5) is 5.69 Å². The Hall–Kier alpha value is -1.84. The zero-order valence-electron chi connectivity index (χ0n) is 9.43. The van der Waals surface area contributed by atoms with Crippen LogP contribution < -0.4 is 5.01 Å². The number of carbonyl (C=O) groups excluding carboxylic acids is 2. The Kier molecular flexibility index (Phi) is 2.64. The Bertz CT molecular complexity index is 442. The predicted molar refractivity (Wildman–Crippen MR) is 60.7 cm³/mol. The van der Waals surface area contributed by atoms with E-state index in [4.69, 9.17) is 0 Å². The van der Waals surface area contributed by atoms with E-state index in [1.54, 1.807) is 5.01 Å². The average molecular weight is 218 g/mol. The molecule has 2 rings (SSSR count). The molecule has 2 amide bonds. The van der Waals surface area contributed by atoms with Crippen molar-refractivity contribution in [2.45, 2.75) is 20.3 Å². The van der Waals surface area contributed by atoms with Gasteiger partial charge in [0, 0.05) is 19.9 Å². The summed E-state index contributed by atoms with van der Waals surface area (Å²) in [5, 5.41) is 2.95. The second kappa shape index (κ2) is 3.96. The van der Waals surface area contributed by atoms with Gasteiger partial charge in [0.2, 0.25) is 11.8 Å². The fourth-order valence-corrected chi connectivity index (χ4v) is 1.92. The van der Waals surface area contributed by atoms with Crippen molar-refractivity contribution in [2.75, 3.05) is 11.6 Å². The molecule has 0 atom stereocenters. The predicted octanol–water partition coefficient (Wildman–Crippen LogP) is 1.50. The molecule has 1 aliphatic heterocycles. The van der Waals surface area contributed by atoms with Crippen molar-refractivity contribution in [3.05, 3.63) is 29.8 Å². The smallest absolute Gasteiger partial charge is 0.250 e. The third-order valence-electron chi connectivity index (χ3n) is 2.61. The van der Waals surface area contributed by atoms with Crippen LogP contribution in [0, 0.1) is 6.92 Å². The first-order valence-corrected chi connectivity index (χ1v) is 5.27. The van der Waals surface area contributed by atoms with Crippen LogP contribution in [0.25, 0.3) is 0 Å². The van der Waals surface area contributed by atoms with Crippen LogP contribution in [-0.4, -0.2) is 23.4 Å². The molecule has 0 aliphatic carbocycles. The number of benzene rings is 1. The van der Waals surface area contributed by atoms with Crippen molar-refractivity contribution in [3.63, 3.8) is 0 Å². The highest BCUT2D eigenvalue weighted by Crippen LogP contribution is 2.23. The van der Waals surface area contributed by atoms with Gasteiger partial charge in [0.15, 0.2) is 0 Å². The van der Waals surface area contributed by atoms with Crippen molar-refractivity contribution in [1.29, 1.82) is 0 Å². The second-order valence-electron chi connectivity index (χ2n) is 3.94. The Balaban J connectivity index is 2.34. The number of imide groups is 1. The molecule has 1 saturated heterocycles. The highest BCUT2D eigenvalue weighted by atomic mass is 16.2. The third-order valence-corrected chi connectivity index (χ3v) is 2.61. The summed E-state index contributed by atoms with van der Waals surface area (Å²) in [6.07, 6.45) is 0.396. The number of hydrogen-bond donors (Lipinski definition) is 0. The number of aryl methyl sites for hydroxylation is 1. The second-order valence-corrected chi connectivity index (χ2v) is 3.94. The van der Waals surface area contributed by atoms with Gasteiger partial charge in [0.1, 0.15) is 0 Å². The molecule has 1 fully saturated rings. The summed E-state index contributed by atoms with van der Waals surface area (Å²) in [6.45, 7) is 3.97. The molecule has 1 aliphatic rings. The van der Waals surface area contributed by atoms with Crippen LogP contribution in [0.1, 0.15) is 18.9 Å². The van der Waals surface area contributed by atoms with Gasteiger partial charge in [-0.05, 0) is 24.6 Å². The van der Waals surface area contributed by atoms with Gasteiger partial charge in [-0.3, -0.25) is 14.6 Å². The van der Waals surface area contributed by atoms with Crippen LogP contribution >= 0.6 is 0 Å². The highest BCUT2D eigenvalue weighted by Gasteiger charge is 2.32. The van der Waals surface area contributed by atoms with Crippen LogP contribution in [-0.2, 0) is 9.59 Å². The molecule has 1 heterocycles. The number of amides is 2. The van der Waals surface area contributed by atoms with Crippen LogP contribution in [0.5, 0.6) is 0 Å². The molecule has 1 aromatic rings. The minimum atomic E-state index is -0.232. The largest absolute Gasteiger partial charge is 0.275 e. The molecule has 1 aromatic carbocycles. The number of anilines is 1. The summed E-state index contributed by atoms with van der Waals surface area (Å²) in [5.74, 6) is -0.363. The lowest BCUT2D eigenvalue weighted by molar-refractivity contribution is -0.141. The zero-order chi connectivity index (χ0) is 11.7. The van der Waals surface area contributed by atoms with Crippen LogP contribution in [0.2, 0.25) is 0 Å². The molecule has 0 N–H and O–H groups in total. The summed E-state index contributed by atoms with van der Waals surface area (Å²) >= 11 is 0. The van der Waals surface area contributed by atoms with E-state index in [1.165, 1.54) is 11.9 Å². The van der Waals surface area contributed by atoms with Gasteiger partial charge in [-0.1, -0.05) is 12.1 Å². The van der Waals surface area contributed by atoms with Gasteiger partial charge in [-0.2, -0.15) is 5.01 Å². The number of carbonyl (C=O) groups is 2. The maximum Gasteiger partial charge on any atom is 0.250 e. The number of hydrogen-bond acceptors (Lipinski definition) is 3. The Morgan fingerprint density at radius 2 is 2.12 bits per heavy atom. The molecule has 0 bridgehead atoms. The summed E-state index contributed by atoms with van der Waals surface area (Å²) in [5.41, 5.74) is 2.00. The SMILES string of the molecule is CC(=O)N1C(=O)CCN1c1cccc(C)c1. The first-order chi connectivity index (χ1) is 7.59. The van der Waals surface area contributed by atoms with E-state index in [9.17, 15) is 9.59 Å². The molecule has 0 radical (unpaired) electrons. The van der Waals surface area contributed by atoms with E-state index in [2.05, 4.69) is 0 Å². The summed E-state index contributed by atoms with van der Waals surface area (Å²) in [6, 6.07) is 7.78. The van der Waals surface area contributed by atoms with Gasteiger partial charge in [0.25, 0.3) is 0 Å². The third kappa shape index (κ3) is 1.78. The average Bonchev–Trinajstić information content (AvgIpc) is 2.60. The van der Waals surface area contributed by atoms with E-state index >= 15 is 0 Å². The quantitative estimate of drug-likeness (QED) is 0.717. The van der Waals surface area contributed by atoms with E-state index in [1.807, 2.05) is 31.2 Å². The highest BCUT2D eigenvalue weighted by molar-refractivity contribution is 5.98. The topological polar surface area (TPSA) is 40.6 Å². The molecule has 0 spiro atoms. The molecule has 0 saturated carbocycles. The minimum absolute atomic E-state index is 0.131. The zero-order valence-corrected chi connectivity index (χ0v) is 9.43. The van der Waals surface area contributed by atoms with Crippen molar-refractivity contribution >= 4 is 17.5 Å². The van der Waals surface area contributed by atoms with Crippen molar-refractivity contribution in [2.24, 2.45) is 0 Å². The molecule has 4 heteroatoms. The lowest BCUT2D eigenvalue weighted by Crippen LogP contribution is -2.42. The molecule has 0 aromatic heterocycles. The number of hydrazine groups is 1. The molecule has 0 unspecified atom stereocenters. The fraction of sp³-hybridized carbons (Fsp3) is 0.333. The molecule has 4 nitrogen and oxygen atoms in total. The van der Waals surface area contributed by atoms with Crippen molar-refractivity contribution < 1.29 is 9.59 Å². The van der Waals surface area contributed by atoms with Gasteiger partial charge in [-0.25, -0.2) is 0 Å². The van der Waals surface area contributed by atoms with Crippen LogP contribution in [0.15, 0.2) is 24.3 Å². The van der Waals surface area contributed by atoms with E-state index in [0.717, 1.165) is 11.3 Å². The van der Waals surface area contributed by atoms with Gasteiger partial charge in [0.05, 0.1) is 5.69 Å². The first kappa shape index (κ1) is 10.7.